The van der Waals surface area contributed by atoms with E-state index in [1.54, 1.807) is 0 Å². The summed E-state index contributed by atoms with van der Waals surface area (Å²) in [6.07, 6.45) is -9.09. The van der Waals surface area contributed by atoms with Gasteiger partial charge in [-0.3, -0.25) is 38.9 Å². The van der Waals surface area contributed by atoms with Gasteiger partial charge in [0.05, 0.1) is 0 Å². The number of ether oxygens (including phenoxy) is 6. The lowest BCUT2D eigenvalue weighted by atomic mass is 9.97. The Labute approximate surface area is 194 Å². The van der Waals surface area contributed by atoms with Gasteiger partial charge in [-0.25, -0.2) is 0 Å². The molecule has 0 radical (unpaired) electrons. The molecule has 0 saturated heterocycles. The highest BCUT2D eigenvalue weighted by atomic mass is 16.7. The van der Waals surface area contributed by atoms with Crippen LogP contribution in [0.25, 0.3) is 0 Å². The van der Waals surface area contributed by atoms with E-state index in [1.807, 2.05) is 0 Å². The van der Waals surface area contributed by atoms with Crippen molar-refractivity contribution in [3.8, 4) is 0 Å². The van der Waals surface area contributed by atoms with E-state index in [2.05, 4.69) is 0 Å². The fourth-order valence-electron chi connectivity index (χ4n) is 2.78. The molecule has 15 nitrogen and oxygen atoms in total. The normalized spacial score (nSPS) is 14.8. The van der Waals surface area contributed by atoms with Gasteiger partial charge in [-0.15, -0.1) is 0 Å². The topological polar surface area (TPSA) is 201 Å². The smallest absolute Gasteiger partial charge is 0.303 e. The van der Waals surface area contributed by atoms with E-state index in [-0.39, 0.29) is 0 Å². The molecule has 0 bridgehead atoms. The Hall–Kier alpha value is -3.78. The summed E-state index contributed by atoms with van der Waals surface area (Å²) in [5.74, 6) is -5.82. The van der Waals surface area contributed by atoms with E-state index in [1.165, 1.54) is 0 Å². The fourth-order valence-corrected chi connectivity index (χ4v) is 2.78. The first kappa shape index (κ1) is 30.2. The maximum atomic E-state index is 11.9. The summed E-state index contributed by atoms with van der Waals surface area (Å²) in [5.41, 5.74) is 0. The molecule has 0 aliphatic heterocycles. The van der Waals surface area contributed by atoms with E-state index in [0.717, 1.165) is 41.5 Å². The van der Waals surface area contributed by atoms with Crippen LogP contribution in [0.1, 0.15) is 41.5 Å². The lowest BCUT2D eigenvalue weighted by Gasteiger charge is -2.36. The van der Waals surface area contributed by atoms with Crippen LogP contribution in [0.15, 0.2) is 0 Å². The van der Waals surface area contributed by atoms with Gasteiger partial charge >= 0.3 is 35.8 Å². The molecular weight excluding hydrogens is 466 g/mol. The highest BCUT2D eigenvalue weighted by Gasteiger charge is 2.49. The molecule has 0 aromatic carbocycles. The average molecular weight is 493 g/mol. The molecule has 192 valence electrons. The van der Waals surface area contributed by atoms with Crippen LogP contribution in [0.5, 0.6) is 0 Å². The highest BCUT2D eigenvalue weighted by molar-refractivity contribution is 5.70. The molecule has 0 fully saturated rings. The molecule has 0 unspecified atom stereocenters. The number of esters is 6. The van der Waals surface area contributed by atoms with Gasteiger partial charge in [-0.2, -0.15) is 0 Å². The predicted molar refractivity (Wildman–Crippen MR) is 106 cm³/mol. The Bertz CT molecular complexity index is 778. The molecule has 0 rings (SSSR count). The Morgan fingerprint density at radius 1 is 0.588 bits per heavy atom. The molecule has 0 spiro atoms. The van der Waals surface area contributed by atoms with Gasteiger partial charge in [0.2, 0.25) is 12.6 Å². The van der Waals surface area contributed by atoms with Crippen LogP contribution < -0.4 is 0 Å². The number of nitro groups is 1. The van der Waals surface area contributed by atoms with Crippen molar-refractivity contribution in [3.63, 3.8) is 0 Å². The first-order valence-corrected chi connectivity index (χ1v) is 9.75. The summed E-state index contributed by atoms with van der Waals surface area (Å²) in [7, 11) is 0. The van der Waals surface area contributed by atoms with Crippen LogP contribution in [0.3, 0.4) is 0 Å². The van der Waals surface area contributed by atoms with Crippen molar-refractivity contribution < 1.29 is 62.1 Å². The second kappa shape index (κ2) is 14.4. The number of rotatable bonds is 13. The predicted octanol–water partition coefficient (Wildman–Crippen LogP) is -0.515. The molecule has 0 aromatic heterocycles. The van der Waals surface area contributed by atoms with Gasteiger partial charge < -0.3 is 28.4 Å². The summed E-state index contributed by atoms with van der Waals surface area (Å²) in [6.45, 7) is 3.90. The van der Waals surface area contributed by atoms with E-state index in [0.29, 0.717) is 0 Å². The molecule has 0 heterocycles. The lowest BCUT2D eigenvalue weighted by molar-refractivity contribution is -0.493. The second-order valence-corrected chi connectivity index (χ2v) is 6.84. The number of hydrogen-bond acceptors (Lipinski definition) is 14. The number of hydrogen-bond donors (Lipinski definition) is 0. The molecule has 0 aliphatic carbocycles. The Morgan fingerprint density at radius 2 is 0.941 bits per heavy atom. The van der Waals surface area contributed by atoms with Gasteiger partial charge in [0.15, 0.2) is 24.4 Å². The van der Waals surface area contributed by atoms with Crippen molar-refractivity contribution in [1.29, 1.82) is 0 Å². The number of nitrogens with zero attached hydrogens (tertiary/aromatic N) is 1. The zero-order valence-corrected chi connectivity index (χ0v) is 19.5. The van der Waals surface area contributed by atoms with Gasteiger partial charge in [-0.1, -0.05) is 0 Å². The summed E-state index contributed by atoms with van der Waals surface area (Å²) in [6, 6.07) is 0. The molecule has 0 aromatic rings. The molecule has 5 atom stereocenters. The third kappa shape index (κ3) is 12.3. The minimum Gasteiger partial charge on any atom is -0.462 e. The van der Waals surface area contributed by atoms with E-state index in [4.69, 9.17) is 28.4 Å². The maximum absolute atomic E-state index is 11.9. The highest BCUT2D eigenvalue weighted by Crippen LogP contribution is 2.23. The summed E-state index contributed by atoms with van der Waals surface area (Å²) in [5, 5.41) is 11.2. The first-order valence-electron chi connectivity index (χ1n) is 9.75. The second-order valence-electron chi connectivity index (χ2n) is 6.84. The summed E-state index contributed by atoms with van der Waals surface area (Å²) >= 11 is 0. The quantitative estimate of drug-likeness (QED) is 0.137. The lowest BCUT2D eigenvalue weighted by Crippen LogP contribution is -2.57. The van der Waals surface area contributed by atoms with Gasteiger partial charge in [0, 0.05) is 46.5 Å². The summed E-state index contributed by atoms with van der Waals surface area (Å²) in [4.78, 5) is 80.3. The summed E-state index contributed by atoms with van der Waals surface area (Å²) < 4.78 is 30.2. The van der Waals surface area contributed by atoms with E-state index >= 15 is 0 Å². The Kier molecular flexibility index (Phi) is 12.8. The third-order valence-corrected chi connectivity index (χ3v) is 3.70. The monoisotopic (exact) mass is 493 g/mol. The van der Waals surface area contributed by atoms with Crippen molar-refractivity contribution in [1.82, 2.24) is 0 Å². The fraction of sp³-hybridized carbons (Fsp3) is 0.684. The first-order chi connectivity index (χ1) is 15.6. The van der Waals surface area contributed by atoms with E-state index in [9.17, 15) is 38.9 Å². The van der Waals surface area contributed by atoms with Crippen LogP contribution in [-0.4, -0.2) is 84.4 Å². The Morgan fingerprint density at radius 3 is 1.29 bits per heavy atom. The molecule has 15 heteroatoms. The molecular formula is C19H27NO14. The molecule has 0 amide bonds. The number of carbonyl (C=O) groups excluding carboxylic acids is 6. The third-order valence-electron chi connectivity index (χ3n) is 3.70. The van der Waals surface area contributed by atoms with Gasteiger partial charge in [0.25, 0.3) is 0 Å². The van der Waals surface area contributed by atoms with Crippen molar-refractivity contribution in [2.24, 2.45) is 0 Å². The molecule has 34 heavy (non-hydrogen) atoms. The standard InChI is InChI=1S/C19H27NO14/c1-9(21)29-8-16(31-11(3)23)18(33-13(5)25)19(34-14(6)26)17(32-12(4)24)15(7-20(27)28)30-10(2)22/h15-19H,7-8H2,1-6H3/t15-,16-,17-,18-,19+/m1/s1. The minimum absolute atomic E-state index is 0.703. The van der Waals surface area contributed by atoms with Crippen molar-refractivity contribution in [2.75, 3.05) is 13.2 Å². The SMILES string of the molecule is CC(=O)OC[C@@H](OC(C)=O)[C@@H](OC(C)=O)[C@@H](OC(C)=O)[C@H](OC(C)=O)[C@@H](C[N+](=O)[O-])OC(C)=O. The van der Waals surface area contributed by atoms with Crippen LogP contribution in [0, 0.1) is 10.1 Å². The van der Waals surface area contributed by atoms with Crippen LogP contribution in [0.2, 0.25) is 0 Å². The largest absolute Gasteiger partial charge is 0.462 e. The average Bonchev–Trinajstić information content (AvgIpc) is 2.64. The van der Waals surface area contributed by atoms with Crippen LogP contribution >= 0.6 is 0 Å². The zero-order valence-electron chi connectivity index (χ0n) is 19.5. The number of carbonyl (C=O) groups is 6. The zero-order chi connectivity index (χ0) is 26.6. The van der Waals surface area contributed by atoms with E-state index < -0.39 is 84.4 Å². The molecule has 0 saturated carbocycles. The van der Waals surface area contributed by atoms with Gasteiger partial charge in [0.1, 0.15) is 6.61 Å². The van der Waals surface area contributed by atoms with Crippen molar-refractivity contribution in [3.05, 3.63) is 10.1 Å². The van der Waals surface area contributed by atoms with Crippen LogP contribution in [0.4, 0.5) is 0 Å². The van der Waals surface area contributed by atoms with Crippen LogP contribution in [-0.2, 0) is 57.2 Å². The maximum Gasteiger partial charge on any atom is 0.303 e. The van der Waals surface area contributed by atoms with Crippen molar-refractivity contribution in [2.45, 2.75) is 72.1 Å². The molecule has 0 N–H and O–H groups in total. The van der Waals surface area contributed by atoms with Gasteiger partial charge in [-0.05, 0) is 0 Å². The minimum atomic E-state index is -1.91. The molecule has 0 aliphatic rings. The Balaban J connectivity index is 6.76. The van der Waals surface area contributed by atoms with Crippen molar-refractivity contribution >= 4 is 35.8 Å².